The molecule has 3 rings (SSSR count). The molecule has 3 fully saturated rings. The number of piperazine rings is 2. The monoisotopic (exact) mass is 512 g/mol. The van der Waals surface area contributed by atoms with Crippen LogP contribution in [0.15, 0.2) is 0 Å². The second-order valence-corrected chi connectivity index (χ2v) is 12.7. The Bertz CT molecular complexity index is 633. The zero-order valence-corrected chi connectivity index (χ0v) is 23.3. The Kier molecular flexibility index (Phi) is 14.6. The first-order valence-electron chi connectivity index (χ1n) is 13.2. The molecule has 0 atom stereocenters. The number of piperidine rings is 1. The number of rotatable bonds is 2. The third-order valence-corrected chi connectivity index (χ3v) is 6.83. The number of likely N-dealkylation sites (tertiary alicyclic amines) is 1. The van der Waals surface area contributed by atoms with Crippen molar-refractivity contribution in [2.45, 2.75) is 87.2 Å². The van der Waals surface area contributed by atoms with Gasteiger partial charge in [0.05, 0.1) is 0 Å². The van der Waals surface area contributed by atoms with Gasteiger partial charge in [0.15, 0.2) is 0 Å². The molecule has 8 nitrogen and oxygen atoms in total. The molecule has 0 radical (unpaired) electrons. The Morgan fingerprint density at radius 1 is 0.694 bits per heavy atom. The molecule has 0 aliphatic carbocycles. The summed E-state index contributed by atoms with van der Waals surface area (Å²) in [6.07, 6.45) is 3.20. The van der Waals surface area contributed by atoms with Crippen LogP contribution in [0.5, 0.6) is 0 Å². The second-order valence-electron chi connectivity index (χ2n) is 12.7. The molecule has 1 N–H and O–H groups in total. The summed E-state index contributed by atoms with van der Waals surface area (Å²) in [7, 11) is 4.30. The fourth-order valence-corrected chi connectivity index (χ4v) is 4.67. The van der Waals surface area contributed by atoms with E-state index in [0.29, 0.717) is 12.3 Å². The third-order valence-electron chi connectivity index (χ3n) is 6.83. The summed E-state index contributed by atoms with van der Waals surface area (Å²) in [6, 6.07) is 0.805. The van der Waals surface area contributed by atoms with Gasteiger partial charge in [-0.25, -0.2) is 4.79 Å². The molecule has 3 heterocycles. The first kappa shape index (κ1) is 34.6. The molecule has 214 valence electrons. The number of hydrogen-bond acceptors (Lipinski definition) is 5. The fourth-order valence-electron chi connectivity index (χ4n) is 4.67. The molecule has 0 aromatic heterocycles. The lowest BCUT2D eigenvalue weighted by atomic mass is 9.91. The summed E-state index contributed by atoms with van der Waals surface area (Å²) in [5.41, 5.74) is -0.0391. The van der Waals surface area contributed by atoms with Crippen molar-refractivity contribution in [1.29, 1.82) is 0 Å². The van der Waals surface area contributed by atoms with E-state index >= 15 is 0 Å². The van der Waals surface area contributed by atoms with Crippen LogP contribution in [0.25, 0.3) is 0 Å². The molecule has 0 aromatic rings. The SMILES string of the molecule is C.C.CN1CCC(N2CCN(C(=O)NC(C)(C)C)CC2)CC1.CN1CCN(C(=O)CC(C)(C)C)CC1. The van der Waals surface area contributed by atoms with Crippen molar-refractivity contribution in [3.63, 3.8) is 0 Å². The van der Waals surface area contributed by atoms with Crippen molar-refractivity contribution >= 4 is 11.9 Å². The fraction of sp³-hybridized carbons (Fsp3) is 0.929. The van der Waals surface area contributed by atoms with E-state index in [9.17, 15) is 9.59 Å². The van der Waals surface area contributed by atoms with Crippen LogP contribution in [0.3, 0.4) is 0 Å². The van der Waals surface area contributed by atoms with Gasteiger partial charge in [0, 0.05) is 70.4 Å². The van der Waals surface area contributed by atoms with Gasteiger partial charge in [-0.2, -0.15) is 0 Å². The Morgan fingerprint density at radius 3 is 1.58 bits per heavy atom. The predicted molar refractivity (Wildman–Crippen MR) is 154 cm³/mol. The van der Waals surface area contributed by atoms with Crippen LogP contribution in [0.2, 0.25) is 0 Å². The van der Waals surface area contributed by atoms with Gasteiger partial charge in [-0.1, -0.05) is 35.6 Å². The van der Waals surface area contributed by atoms with Crippen molar-refractivity contribution in [3.05, 3.63) is 0 Å². The smallest absolute Gasteiger partial charge is 0.317 e. The van der Waals surface area contributed by atoms with Crippen LogP contribution >= 0.6 is 0 Å². The predicted octanol–water partition coefficient (Wildman–Crippen LogP) is 3.68. The molecular formula is C28H60N6O2. The topological polar surface area (TPSA) is 62.4 Å². The molecule has 3 amide bonds. The van der Waals surface area contributed by atoms with Crippen molar-refractivity contribution in [3.8, 4) is 0 Å². The van der Waals surface area contributed by atoms with E-state index in [1.165, 1.54) is 25.9 Å². The minimum absolute atomic E-state index is 0. The largest absolute Gasteiger partial charge is 0.340 e. The Labute approximate surface area is 223 Å². The van der Waals surface area contributed by atoms with E-state index in [1.807, 2.05) is 30.6 Å². The molecule has 3 aliphatic rings. The normalized spacial score (nSPS) is 21.0. The van der Waals surface area contributed by atoms with Gasteiger partial charge in [-0.15, -0.1) is 0 Å². The number of carbonyl (C=O) groups is 2. The van der Waals surface area contributed by atoms with Crippen LogP contribution in [-0.4, -0.2) is 128 Å². The molecule has 36 heavy (non-hydrogen) atoms. The molecule has 0 saturated carbocycles. The number of hydrogen-bond donors (Lipinski definition) is 1. The third kappa shape index (κ3) is 12.7. The maximum absolute atomic E-state index is 12.1. The summed E-state index contributed by atoms with van der Waals surface area (Å²) in [5.74, 6) is 0.311. The van der Waals surface area contributed by atoms with Gasteiger partial charge in [0.25, 0.3) is 0 Å². The quantitative estimate of drug-likeness (QED) is 0.612. The van der Waals surface area contributed by atoms with Gasteiger partial charge in [-0.3, -0.25) is 9.69 Å². The Hall–Kier alpha value is -1.38. The summed E-state index contributed by atoms with van der Waals surface area (Å²) in [4.78, 5) is 35.2. The molecule has 3 aliphatic heterocycles. The average molecular weight is 513 g/mol. The van der Waals surface area contributed by atoms with Gasteiger partial charge < -0.3 is 24.9 Å². The highest BCUT2D eigenvalue weighted by atomic mass is 16.2. The van der Waals surface area contributed by atoms with Gasteiger partial charge in [-0.05, 0) is 66.2 Å². The van der Waals surface area contributed by atoms with Crippen LogP contribution in [0.4, 0.5) is 4.79 Å². The standard InChI is InChI=1S/C15H30N4O.C11H22N2O.2CH4/c1-15(2,3)16-14(20)19-11-9-18(10-12-19)13-5-7-17(4)8-6-13;1-11(2,3)9-10(14)13-7-5-12(4)6-8-13;;/h13H,5-12H2,1-4H3,(H,16,20);5-9H2,1-4H3;2*1H4. The number of nitrogens with one attached hydrogen (secondary N) is 1. The first-order valence-corrected chi connectivity index (χ1v) is 13.2. The lowest BCUT2D eigenvalue weighted by Crippen LogP contribution is -2.57. The van der Waals surface area contributed by atoms with E-state index in [-0.39, 0.29) is 31.8 Å². The number of nitrogens with zero attached hydrogens (tertiary/aromatic N) is 5. The minimum atomic E-state index is -0.151. The van der Waals surface area contributed by atoms with E-state index in [0.717, 1.165) is 58.4 Å². The maximum Gasteiger partial charge on any atom is 0.317 e. The van der Waals surface area contributed by atoms with E-state index in [1.54, 1.807) is 0 Å². The van der Waals surface area contributed by atoms with Gasteiger partial charge in [0.1, 0.15) is 0 Å². The number of carbonyl (C=O) groups excluding carboxylic acids is 2. The van der Waals surface area contributed by atoms with Crippen molar-refractivity contribution in [1.82, 2.24) is 29.8 Å². The summed E-state index contributed by atoms with van der Waals surface area (Å²) < 4.78 is 0. The lowest BCUT2D eigenvalue weighted by molar-refractivity contribution is -0.134. The number of urea groups is 1. The highest BCUT2D eigenvalue weighted by Gasteiger charge is 2.29. The van der Waals surface area contributed by atoms with E-state index < -0.39 is 0 Å². The highest BCUT2D eigenvalue weighted by Crippen LogP contribution is 2.20. The summed E-state index contributed by atoms with van der Waals surface area (Å²) in [6.45, 7) is 22.4. The van der Waals surface area contributed by atoms with Gasteiger partial charge in [0.2, 0.25) is 5.91 Å². The van der Waals surface area contributed by atoms with Crippen molar-refractivity contribution in [2.75, 3.05) is 79.5 Å². The second kappa shape index (κ2) is 15.1. The van der Waals surface area contributed by atoms with Crippen LogP contribution in [0.1, 0.15) is 75.7 Å². The van der Waals surface area contributed by atoms with Gasteiger partial charge >= 0.3 is 6.03 Å². The molecule has 0 aromatic carbocycles. The highest BCUT2D eigenvalue weighted by molar-refractivity contribution is 5.77. The van der Waals surface area contributed by atoms with Crippen molar-refractivity contribution < 1.29 is 9.59 Å². The zero-order chi connectivity index (χ0) is 25.5. The Balaban J connectivity index is 0.000000682. The first-order chi connectivity index (χ1) is 15.7. The van der Waals surface area contributed by atoms with Crippen molar-refractivity contribution in [2.24, 2.45) is 5.41 Å². The minimum Gasteiger partial charge on any atom is -0.340 e. The molecule has 8 heteroatoms. The maximum atomic E-state index is 12.1. The van der Waals surface area contributed by atoms with E-state index in [4.69, 9.17) is 0 Å². The molecule has 0 unspecified atom stereocenters. The van der Waals surface area contributed by atoms with Crippen LogP contribution in [0, 0.1) is 5.41 Å². The Morgan fingerprint density at radius 2 is 1.14 bits per heavy atom. The summed E-state index contributed by atoms with van der Waals surface area (Å²) >= 11 is 0. The van der Waals surface area contributed by atoms with Crippen LogP contribution < -0.4 is 5.32 Å². The molecule has 0 bridgehead atoms. The molecular weight excluding hydrogens is 452 g/mol. The van der Waals surface area contributed by atoms with E-state index in [2.05, 4.69) is 54.9 Å². The number of amides is 3. The molecule has 0 spiro atoms. The summed E-state index contributed by atoms with van der Waals surface area (Å²) in [5, 5.41) is 3.05. The number of likely N-dealkylation sites (N-methyl/N-ethyl adjacent to an activating group) is 1. The van der Waals surface area contributed by atoms with Crippen LogP contribution in [-0.2, 0) is 4.79 Å². The molecule has 3 saturated heterocycles. The average Bonchev–Trinajstić information content (AvgIpc) is 2.73. The zero-order valence-electron chi connectivity index (χ0n) is 23.3. The lowest BCUT2D eigenvalue weighted by Gasteiger charge is -2.42.